The molecule has 2 rings (SSSR count). The number of anilines is 1. The van der Waals surface area contributed by atoms with Gasteiger partial charge in [-0.25, -0.2) is 8.78 Å². The molecule has 0 saturated carbocycles. The van der Waals surface area contributed by atoms with Gasteiger partial charge in [-0.3, -0.25) is 4.98 Å². The largest absolute Gasteiger partial charge is 0.377 e. The van der Waals surface area contributed by atoms with Crippen molar-refractivity contribution in [3.63, 3.8) is 0 Å². The zero-order valence-corrected chi connectivity index (χ0v) is 10.2. The number of aromatic nitrogens is 1. The topological polar surface area (TPSA) is 24.9 Å². The molecular weight excluding hydrogens is 234 g/mol. The van der Waals surface area contributed by atoms with Gasteiger partial charge in [-0.05, 0) is 32.0 Å². The minimum Gasteiger partial charge on any atom is -0.377 e. The van der Waals surface area contributed by atoms with E-state index in [0.29, 0.717) is 5.56 Å². The lowest BCUT2D eigenvalue weighted by Crippen LogP contribution is -2.10. The number of pyridine rings is 1. The maximum Gasteiger partial charge on any atom is 0.131 e. The van der Waals surface area contributed by atoms with E-state index in [1.807, 2.05) is 26.0 Å². The highest BCUT2D eigenvalue weighted by molar-refractivity contribution is 5.48. The molecular formula is C14H14F2N2. The van der Waals surface area contributed by atoms with E-state index in [1.165, 1.54) is 12.1 Å². The number of halogens is 2. The van der Waals surface area contributed by atoms with Gasteiger partial charge in [0.15, 0.2) is 0 Å². The maximum atomic E-state index is 13.6. The van der Waals surface area contributed by atoms with Crippen molar-refractivity contribution in [3.05, 3.63) is 59.4 Å². The molecule has 1 N–H and O–H groups in total. The molecule has 0 fully saturated rings. The normalized spacial score (nSPS) is 12.2. The van der Waals surface area contributed by atoms with Gasteiger partial charge < -0.3 is 5.32 Å². The van der Waals surface area contributed by atoms with Crippen LogP contribution in [0.2, 0.25) is 0 Å². The molecule has 0 bridgehead atoms. The Bertz CT molecular complexity index is 555. The van der Waals surface area contributed by atoms with Gasteiger partial charge in [0.05, 0.1) is 17.4 Å². The summed E-state index contributed by atoms with van der Waals surface area (Å²) in [5, 5.41) is 3.16. The van der Waals surface area contributed by atoms with E-state index in [1.54, 1.807) is 6.20 Å². The van der Waals surface area contributed by atoms with Crippen LogP contribution in [-0.4, -0.2) is 4.98 Å². The Hall–Kier alpha value is -1.97. The molecule has 94 valence electrons. The molecule has 4 heteroatoms. The highest BCUT2D eigenvalue weighted by atomic mass is 19.1. The van der Waals surface area contributed by atoms with Crippen LogP contribution in [0, 0.1) is 18.6 Å². The lowest BCUT2D eigenvalue weighted by Gasteiger charge is -2.17. The lowest BCUT2D eigenvalue weighted by molar-refractivity contribution is 0.566. The van der Waals surface area contributed by atoms with Crippen molar-refractivity contribution in [1.29, 1.82) is 0 Å². The number of hydrogen-bond acceptors (Lipinski definition) is 2. The minimum atomic E-state index is -0.569. The summed E-state index contributed by atoms with van der Waals surface area (Å²) < 4.78 is 26.4. The summed E-state index contributed by atoms with van der Waals surface area (Å²) in [4.78, 5) is 4.15. The summed E-state index contributed by atoms with van der Waals surface area (Å²) in [5.41, 5.74) is 2.11. The quantitative estimate of drug-likeness (QED) is 0.892. The SMILES string of the molecule is Cc1ncccc1NC(C)c1ccc(F)cc1F. The molecule has 0 aliphatic rings. The third kappa shape index (κ3) is 2.64. The van der Waals surface area contributed by atoms with E-state index >= 15 is 0 Å². The van der Waals surface area contributed by atoms with Crippen molar-refractivity contribution in [2.24, 2.45) is 0 Å². The fourth-order valence-electron chi connectivity index (χ4n) is 1.80. The number of nitrogens with one attached hydrogen (secondary N) is 1. The molecule has 1 unspecified atom stereocenters. The summed E-state index contributed by atoms with van der Waals surface area (Å²) in [7, 11) is 0. The first-order valence-electron chi connectivity index (χ1n) is 5.71. The van der Waals surface area contributed by atoms with Gasteiger partial charge in [-0.2, -0.15) is 0 Å². The Labute approximate surface area is 105 Å². The standard InChI is InChI=1S/C14H14F2N2/c1-9(12-6-5-11(15)8-13(12)16)18-14-4-3-7-17-10(14)2/h3-9,18H,1-2H3. The Kier molecular flexibility index (Phi) is 3.55. The summed E-state index contributed by atoms with van der Waals surface area (Å²) in [6.07, 6.45) is 1.70. The molecule has 0 aliphatic heterocycles. The summed E-state index contributed by atoms with van der Waals surface area (Å²) in [6, 6.07) is 7.03. The Morgan fingerprint density at radius 1 is 1.22 bits per heavy atom. The zero-order chi connectivity index (χ0) is 13.1. The van der Waals surface area contributed by atoms with Crippen LogP contribution in [0.25, 0.3) is 0 Å². The number of rotatable bonds is 3. The van der Waals surface area contributed by atoms with E-state index in [2.05, 4.69) is 10.3 Å². The molecule has 0 aliphatic carbocycles. The molecule has 2 aromatic rings. The molecule has 1 aromatic carbocycles. The van der Waals surface area contributed by atoms with E-state index in [-0.39, 0.29) is 6.04 Å². The molecule has 0 radical (unpaired) electrons. The Morgan fingerprint density at radius 2 is 2.00 bits per heavy atom. The highest BCUT2D eigenvalue weighted by Crippen LogP contribution is 2.23. The van der Waals surface area contributed by atoms with Crippen LogP contribution in [0.1, 0.15) is 24.2 Å². The van der Waals surface area contributed by atoms with Gasteiger partial charge in [-0.1, -0.05) is 6.07 Å². The molecule has 2 nitrogen and oxygen atoms in total. The van der Waals surface area contributed by atoms with Gasteiger partial charge in [0.25, 0.3) is 0 Å². The fourth-order valence-corrected chi connectivity index (χ4v) is 1.80. The van der Waals surface area contributed by atoms with Crippen molar-refractivity contribution in [2.75, 3.05) is 5.32 Å². The van der Waals surface area contributed by atoms with Crippen molar-refractivity contribution in [2.45, 2.75) is 19.9 Å². The maximum absolute atomic E-state index is 13.6. The fraction of sp³-hybridized carbons (Fsp3) is 0.214. The monoisotopic (exact) mass is 248 g/mol. The Morgan fingerprint density at radius 3 is 2.67 bits per heavy atom. The highest BCUT2D eigenvalue weighted by Gasteiger charge is 2.12. The van der Waals surface area contributed by atoms with Crippen LogP contribution in [0.15, 0.2) is 36.5 Å². The molecule has 1 heterocycles. The molecule has 0 amide bonds. The summed E-state index contributed by atoms with van der Waals surface area (Å²) >= 11 is 0. The van der Waals surface area contributed by atoms with E-state index < -0.39 is 11.6 Å². The van der Waals surface area contributed by atoms with Gasteiger partial charge in [0.2, 0.25) is 0 Å². The number of nitrogens with zero attached hydrogens (tertiary/aromatic N) is 1. The zero-order valence-electron chi connectivity index (χ0n) is 10.2. The van der Waals surface area contributed by atoms with Crippen LogP contribution in [0.4, 0.5) is 14.5 Å². The molecule has 0 spiro atoms. The number of hydrogen-bond donors (Lipinski definition) is 1. The van der Waals surface area contributed by atoms with E-state index in [9.17, 15) is 8.78 Å². The average Bonchev–Trinajstić information content (AvgIpc) is 2.32. The van der Waals surface area contributed by atoms with Crippen LogP contribution in [0.5, 0.6) is 0 Å². The van der Waals surface area contributed by atoms with Crippen molar-refractivity contribution < 1.29 is 8.78 Å². The average molecular weight is 248 g/mol. The molecule has 1 aromatic heterocycles. The van der Waals surface area contributed by atoms with Crippen LogP contribution >= 0.6 is 0 Å². The smallest absolute Gasteiger partial charge is 0.131 e. The third-order valence-corrected chi connectivity index (χ3v) is 2.81. The van der Waals surface area contributed by atoms with Crippen LogP contribution in [-0.2, 0) is 0 Å². The first kappa shape index (κ1) is 12.5. The first-order valence-corrected chi connectivity index (χ1v) is 5.71. The minimum absolute atomic E-state index is 0.256. The molecule has 18 heavy (non-hydrogen) atoms. The van der Waals surface area contributed by atoms with Crippen molar-refractivity contribution in [3.8, 4) is 0 Å². The van der Waals surface area contributed by atoms with E-state index in [4.69, 9.17) is 0 Å². The molecule has 1 atom stereocenters. The van der Waals surface area contributed by atoms with Crippen LogP contribution < -0.4 is 5.32 Å². The summed E-state index contributed by atoms with van der Waals surface area (Å²) in [6.45, 7) is 3.69. The van der Waals surface area contributed by atoms with E-state index in [0.717, 1.165) is 17.4 Å². The number of aryl methyl sites for hydroxylation is 1. The predicted molar refractivity (Wildman–Crippen MR) is 67.4 cm³/mol. The molecule has 0 saturated heterocycles. The van der Waals surface area contributed by atoms with Crippen molar-refractivity contribution >= 4 is 5.69 Å². The predicted octanol–water partition coefficient (Wildman–Crippen LogP) is 3.84. The van der Waals surface area contributed by atoms with Crippen LogP contribution in [0.3, 0.4) is 0 Å². The van der Waals surface area contributed by atoms with Gasteiger partial charge in [0, 0.05) is 17.8 Å². The first-order chi connectivity index (χ1) is 8.58. The van der Waals surface area contributed by atoms with Gasteiger partial charge >= 0.3 is 0 Å². The third-order valence-electron chi connectivity index (χ3n) is 2.81. The van der Waals surface area contributed by atoms with Crippen molar-refractivity contribution in [1.82, 2.24) is 4.98 Å². The van der Waals surface area contributed by atoms with Gasteiger partial charge in [-0.15, -0.1) is 0 Å². The Balaban J connectivity index is 2.22. The second-order valence-electron chi connectivity index (χ2n) is 4.17. The summed E-state index contributed by atoms with van der Waals surface area (Å²) in [5.74, 6) is -1.11. The number of benzene rings is 1. The van der Waals surface area contributed by atoms with Gasteiger partial charge in [0.1, 0.15) is 11.6 Å². The lowest BCUT2D eigenvalue weighted by atomic mass is 10.1. The second-order valence-corrected chi connectivity index (χ2v) is 4.17. The second kappa shape index (κ2) is 5.12.